The molecule has 2 N–H and O–H groups in total. The molecule has 1 unspecified atom stereocenters. The van der Waals surface area contributed by atoms with E-state index < -0.39 is 12.0 Å². The van der Waals surface area contributed by atoms with Gasteiger partial charge >= 0.3 is 0 Å². The van der Waals surface area contributed by atoms with Crippen LogP contribution in [0.4, 0.5) is 8.78 Å². The van der Waals surface area contributed by atoms with E-state index in [0.29, 0.717) is 5.56 Å². The summed E-state index contributed by atoms with van der Waals surface area (Å²) in [5.74, 6) is 0. The average Bonchev–Trinajstić information content (AvgIpc) is 2.29. The molecule has 96 valence electrons. The Balaban J connectivity index is 2.42. The quantitative estimate of drug-likeness (QED) is 0.868. The van der Waals surface area contributed by atoms with Gasteiger partial charge in [0.2, 0.25) is 0 Å². The molecule has 0 spiro atoms. The zero-order valence-electron chi connectivity index (χ0n) is 9.83. The summed E-state index contributed by atoms with van der Waals surface area (Å²) < 4.78 is 25.5. The first-order valence-electron chi connectivity index (χ1n) is 5.51. The highest BCUT2D eigenvalue weighted by molar-refractivity contribution is 6.30. The molecule has 1 aromatic heterocycles. The fourth-order valence-electron chi connectivity index (χ4n) is 1.75. The molecular weight excluding hydrogens is 258 g/mol. The number of halogens is 3. The maximum Gasteiger partial charge on any atom is 0.256 e. The van der Waals surface area contributed by atoms with E-state index in [1.807, 2.05) is 24.3 Å². The van der Waals surface area contributed by atoms with Crippen LogP contribution in [0.25, 0.3) is 10.9 Å². The molecule has 1 heterocycles. The number of aromatic nitrogens is 1. The fourth-order valence-corrected chi connectivity index (χ4v) is 1.96. The summed E-state index contributed by atoms with van der Waals surface area (Å²) in [6, 6.07) is 9.14. The third kappa shape index (κ3) is 2.60. The molecule has 0 saturated heterocycles. The SMILES string of the molecule is CC(N)(Cc1cc2ccccc2nc1Cl)C(F)F. The summed E-state index contributed by atoms with van der Waals surface area (Å²) in [5.41, 5.74) is 5.24. The maximum atomic E-state index is 12.8. The lowest BCUT2D eigenvalue weighted by molar-refractivity contribution is 0.0639. The summed E-state index contributed by atoms with van der Waals surface area (Å²) in [6.45, 7) is 1.31. The number of nitrogens with two attached hydrogens (primary N) is 1. The minimum absolute atomic E-state index is 0.0126. The zero-order chi connectivity index (χ0) is 13.3. The van der Waals surface area contributed by atoms with Crippen molar-refractivity contribution in [1.29, 1.82) is 0 Å². The number of para-hydroxylation sites is 1. The molecular formula is C13H13ClF2N2. The molecule has 2 rings (SSSR count). The van der Waals surface area contributed by atoms with Crippen LogP contribution in [-0.4, -0.2) is 16.9 Å². The van der Waals surface area contributed by atoms with Gasteiger partial charge in [0, 0.05) is 5.39 Å². The van der Waals surface area contributed by atoms with Crippen LogP contribution in [0, 0.1) is 0 Å². The maximum absolute atomic E-state index is 12.8. The Morgan fingerprint density at radius 3 is 2.72 bits per heavy atom. The van der Waals surface area contributed by atoms with E-state index in [1.165, 1.54) is 6.92 Å². The molecule has 1 aromatic carbocycles. The highest BCUT2D eigenvalue weighted by Gasteiger charge is 2.31. The Bertz CT molecular complexity index is 570. The van der Waals surface area contributed by atoms with E-state index in [9.17, 15) is 8.78 Å². The molecule has 5 heteroatoms. The van der Waals surface area contributed by atoms with Crippen molar-refractivity contribution >= 4 is 22.5 Å². The van der Waals surface area contributed by atoms with Gasteiger partial charge in [0.25, 0.3) is 6.43 Å². The topological polar surface area (TPSA) is 38.9 Å². The number of benzene rings is 1. The van der Waals surface area contributed by atoms with Crippen molar-refractivity contribution in [2.45, 2.75) is 25.3 Å². The number of hydrogen-bond donors (Lipinski definition) is 1. The molecule has 2 aromatic rings. The van der Waals surface area contributed by atoms with E-state index in [-0.39, 0.29) is 11.6 Å². The summed E-state index contributed by atoms with van der Waals surface area (Å²) in [4.78, 5) is 4.18. The minimum Gasteiger partial charge on any atom is -0.320 e. The molecule has 0 radical (unpaired) electrons. The predicted molar refractivity (Wildman–Crippen MR) is 69.1 cm³/mol. The second-order valence-electron chi connectivity index (χ2n) is 4.61. The Morgan fingerprint density at radius 2 is 2.06 bits per heavy atom. The van der Waals surface area contributed by atoms with Crippen LogP contribution in [0.15, 0.2) is 30.3 Å². The second-order valence-corrected chi connectivity index (χ2v) is 4.97. The molecule has 0 aliphatic rings. The molecule has 0 fully saturated rings. The van der Waals surface area contributed by atoms with E-state index in [2.05, 4.69) is 4.98 Å². The van der Waals surface area contributed by atoms with Gasteiger partial charge in [-0.05, 0) is 31.0 Å². The van der Waals surface area contributed by atoms with Crippen LogP contribution in [0.2, 0.25) is 5.15 Å². The fraction of sp³-hybridized carbons (Fsp3) is 0.308. The van der Waals surface area contributed by atoms with Gasteiger partial charge in [-0.25, -0.2) is 13.8 Å². The van der Waals surface area contributed by atoms with Crippen molar-refractivity contribution < 1.29 is 8.78 Å². The number of rotatable bonds is 3. The number of fused-ring (bicyclic) bond motifs is 1. The lowest BCUT2D eigenvalue weighted by atomic mass is 9.94. The number of pyridine rings is 1. The van der Waals surface area contributed by atoms with Crippen molar-refractivity contribution in [3.05, 3.63) is 41.0 Å². The number of alkyl halides is 2. The van der Waals surface area contributed by atoms with E-state index in [1.54, 1.807) is 6.07 Å². The third-order valence-electron chi connectivity index (χ3n) is 2.82. The molecule has 0 aliphatic carbocycles. The third-order valence-corrected chi connectivity index (χ3v) is 3.15. The first kappa shape index (κ1) is 13.2. The predicted octanol–water partition coefficient (Wildman–Crippen LogP) is 3.41. The first-order valence-corrected chi connectivity index (χ1v) is 5.89. The molecule has 0 saturated carbocycles. The second kappa shape index (κ2) is 4.78. The molecule has 0 bridgehead atoms. The first-order chi connectivity index (χ1) is 8.40. The normalized spacial score (nSPS) is 15.0. The van der Waals surface area contributed by atoms with Gasteiger partial charge in [0.1, 0.15) is 5.15 Å². The zero-order valence-corrected chi connectivity index (χ0v) is 10.6. The highest BCUT2D eigenvalue weighted by atomic mass is 35.5. The van der Waals surface area contributed by atoms with Gasteiger partial charge < -0.3 is 5.73 Å². The Labute approximate surface area is 109 Å². The average molecular weight is 271 g/mol. The number of hydrogen-bond acceptors (Lipinski definition) is 2. The van der Waals surface area contributed by atoms with Crippen molar-refractivity contribution in [3.63, 3.8) is 0 Å². The van der Waals surface area contributed by atoms with Crippen LogP contribution in [0.1, 0.15) is 12.5 Å². The Kier molecular flexibility index (Phi) is 3.50. The van der Waals surface area contributed by atoms with Crippen LogP contribution >= 0.6 is 11.6 Å². The van der Waals surface area contributed by atoms with Crippen LogP contribution in [-0.2, 0) is 6.42 Å². The summed E-state index contributed by atoms with van der Waals surface area (Å²) in [7, 11) is 0. The van der Waals surface area contributed by atoms with Crippen molar-refractivity contribution in [3.8, 4) is 0 Å². The van der Waals surface area contributed by atoms with Gasteiger partial charge in [0.05, 0.1) is 11.1 Å². The molecule has 2 nitrogen and oxygen atoms in total. The molecule has 0 aliphatic heterocycles. The lowest BCUT2D eigenvalue weighted by Gasteiger charge is -2.23. The standard InChI is InChI=1S/C13H13ClF2N2/c1-13(17,12(15)16)7-9-6-8-4-2-3-5-10(8)18-11(9)14/h2-6,12H,7,17H2,1H3. The van der Waals surface area contributed by atoms with Gasteiger partial charge in [-0.1, -0.05) is 29.8 Å². The van der Waals surface area contributed by atoms with Gasteiger partial charge in [-0.2, -0.15) is 0 Å². The summed E-state index contributed by atoms with van der Waals surface area (Å²) in [6.07, 6.45) is -2.62. The smallest absolute Gasteiger partial charge is 0.256 e. The summed E-state index contributed by atoms with van der Waals surface area (Å²) >= 11 is 6.00. The molecule has 1 atom stereocenters. The van der Waals surface area contributed by atoms with E-state index in [4.69, 9.17) is 17.3 Å². The Hall–Kier alpha value is -1.26. The monoisotopic (exact) mass is 270 g/mol. The van der Waals surface area contributed by atoms with E-state index in [0.717, 1.165) is 10.9 Å². The minimum atomic E-state index is -2.61. The van der Waals surface area contributed by atoms with Crippen LogP contribution < -0.4 is 5.73 Å². The molecule has 18 heavy (non-hydrogen) atoms. The van der Waals surface area contributed by atoms with Crippen LogP contribution in [0.5, 0.6) is 0 Å². The van der Waals surface area contributed by atoms with Crippen molar-refractivity contribution in [2.75, 3.05) is 0 Å². The highest BCUT2D eigenvalue weighted by Crippen LogP contribution is 2.25. The summed E-state index contributed by atoms with van der Waals surface area (Å²) in [5, 5.41) is 1.09. The van der Waals surface area contributed by atoms with Gasteiger partial charge in [-0.15, -0.1) is 0 Å². The molecule has 0 amide bonds. The van der Waals surface area contributed by atoms with Crippen LogP contribution in [0.3, 0.4) is 0 Å². The van der Waals surface area contributed by atoms with Crippen molar-refractivity contribution in [1.82, 2.24) is 4.98 Å². The lowest BCUT2D eigenvalue weighted by Crippen LogP contribution is -2.45. The Morgan fingerprint density at radius 1 is 1.39 bits per heavy atom. The number of nitrogens with zero attached hydrogens (tertiary/aromatic N) is 1. The van der Waals surface area contributed by atoms with E-state index >= 15 is 0 Å². The van der Waals surface area contributed by atoms with Gasteiger partial charge in [0.15, 0.2) is 0 Å². The largest absolute Gasteiger partial charge is 0.320 e. The van der Waals surface area contributed by atoms with Gasteiger partial charge in [-0.3, -0.25) is 0 Å². The van der Waals surface area contributed by atoms with Crippen molar-refractivity contribution in [2.24, 2.45) is 5.73 Å².